The average molecular weight is 302 g/mol. The first kappa shape index (κ1) is 15.7. The molecule has 4 heteroatoms. The van der Waals surface area contributed by atoms with Crippen LogP contribution < -0.4 is 4.74 Å². The summed E-state index contributed by atoms with van der Waals surface area (Å²) in [4.78, 5) is 10.9. The van der Waals surface area contributed by atoms with Crippen molar-refractivity contribution in [2.45, 2.75) is 19.7 Å². The minimum Gasteiger partial charge on any atom is -0.488 e. The SMILES string of the molecule is CCOPCc1cccc(COc2ccccc2C=O)c1. The van der Waals surface area contributed by atoms with Crippen LogP contribution in [-0.4, -0.2) is 12.9 Å². The van der Waals surface area contributed by atoms with Gasteiger partial charge in [0.05, 0.1) is 5.56 Å². The molecule has 0 aliphatic carbocycles. The summed E-state index contributed by atoms with van der Waals surface area (Å²) in [5, 5.41) is 0. The van der Waals surface area contributed by atoms with Crippen LogP contribution in [0.1, 0.15) is 28.4 Å². The van der Waals surface area contributed by atoms with Crippen LogP contribution >= 0.6 is 8.81 Å². The highest BCUT2D eigenvalue weighted by atomic mass is 31.1. The molecule has 0 amide bonds. The van der Waals surface area contributed by atoms with Gasteiger partial charge in [0.1, 0.15) is 12.4 Å². The van der Waals surface area contributed by atoms with Crippen LogP contribution in [0.3, 0.4) is 0 Å². The van der Waals surface area contributed by atoms with E-state index in [1.807, 2.05) is 37.3 Å². The molecule has 0 saturated heterocycles. The molecule has 0 saturated carbocycles. The maximum absolute atomic E-state index is 10.9. The van der Waals surface area contributed by atoms with Gasteiger partial charge in [0.15, 0.2) is 6.29 Å². The number of carbonyl (C=O) groups excluding carboxylic acids is 1. The Hall–Kier alpha value is -1.70. The summed E-state index contributed by atoms with van der Waals surface area (Å²) in [5.74, 6) is 0.620. The molecule has 1 atom stereocenters. The summed E-state index contributed by atoms with van der Waals surface area (Å²) in [6, 6.07) is 15.5. The molecule has 0 aliphatic heterocycles. The third-order valence-corrected chi connectivity index (χ3v) is 4.00. The number of ether oxygens (including phenoxy) is 1. The summed E-state index contributed by atoms with van der Waals surface area (Å²) in [6.07, 6.45) is 1.74. The highest BCUT2D eigenvalue weighted by molar-refractivity contribution is 7.31. The highest BCUT2D eigenvalue weighted by Crippen LogP contribution is 2.21. The van der Waals surface area contributed by atoms with Gasteiger partial charge in [-0.15, -0.1) is 0 Å². The lowest BCUT2D eigenvalue weighted by molar-refractivity contribution is 0.111. The lowest BCUT2D eigenvalue weighted by Crippen LogP contribution is -1.98. The zero-order valence-corrected chi connectivity index (χ0v) is 13.0. The van der Waals surface area contributed by atoms with Crippen molar-refractivity contribution in [2.24, 2.45) is 0 Å². The Kier molecular flexibility index (Phi) is 6.39. The minimum absolute atomic E-state index is 0.455. The predicted molar refractivity (Wildman–Crippen MR) is 86.2 cm³/mol. The van der Waals surface area contributed by atoms with Gasteiger partial charge in [-0.1, -0.05) is 36.4 Å². The largest absolute Gasteiger partial charge is 0.488 e. The molecule has 0 fully saturated rings. The number of benzene rings is 2. The monoisotopic (exact) mass is 302 g/mol. The van der Waals surface area contributed by atoms with Crippen molar-refractivity contribution in [3.8, 4) is 5.75 Å². The van der Waals surface area contributed by atoms with Gasteiger partial charge in [-0.3, -0.25) is 4.79 Å². The van der Waals surface area contributed by atoms with Crippen LogP contribution in [0.2, 0.25) is 0 Å². The number of carbonyl (C=O) groups is 1. The van der Waals surface area contributed by atoms with E-state index in [4.69, 9.17) is 9.26 Å². The lowest BCUT2D eigenvalue weighted by Gasteiger charge is -2.09. The fraction of sp³-hybridized carbons (Fsp3) is 0.235. The third-order valence-electron chi connectivity index (χ3n) is 2.95. The molecule has 1 unspecified atom stereocenters. The molecular weight excluding hydrogens is 283 g/mol. The Morgan fingerprint density at radius 3 is 2.71 bits per heavy atom. The van der Waals surface area contributed by atoms with E-state index in [9.17, 15) is 4.79 Å². The van der Waals surface area contributed by atoms with E-state index in [0.29, 0.717) is 26.7 Å². The third kappa shape index (κ3) is 4.96. The Morgan fingerprint density at radius 2 is 1.90 bits per heavy atom. The van der Waals surface area contributed by atoms with E-state index in [-0.39, 0.29) is 0 Å². The Bertz CT molecular complexity index is 584. The van der Waals surface area contributed by atoms with Crippen molar-refractivity contribution in [3.05, 3.63) is 65.2 Å². The van der Waals surface area contributed by atoms with Crippen LogP contribution in [0.25, 0.3) is 0 Å². The predicted octanol–water partition coefficient (Wildman–Crippen LogP) is 4.21. The van der Waals surface area contributed by atoms with E-state index in [1.165, 1.54) is 5.56 Å². The van der Waals surface area contributed by atoms with E-state index >= 15 is 0 Å². The number of hydrogen-bond donors (Lipinski definition) is 0. The maximum atomic E-state index is 10.9. The van der Waals surface area contributed by atoms with Gasteiger partial charge in [-0.05, 0) is 30.2 Å². The molecule has 0 radical (unpaired) electrons. The Balaban J connectivity index is 1.96. The molecule has 0 spiro atoms. The average Bonchev–Trinajstić information content (AvgIpc) is 2.54. The van der Waals surface area contributed by atoms with Gasteiger partial charge in [0.2, 0.25) is 0 Å². The summed E-state index contributed by atoms with van der Waals surface area (Å²) >= 11 is 0. The molecule has 2 aromatic carbocycles. The van der Waals surface area contributed by atoms with Crippen LogP contribution in [0.5, 0.6) is 5.75 Å². The second-order valence-electron chi connectivity index (χ2n) is 4.52. The van der Waals surface area contributed by atoms with E-state index in [1.54, 1.807) is 6.07 Å². The van der Waals surface area contributed by atoms with Crippen LogP contribution in [-0.2, 0) is 17.3 Å². The van der Waals surface area contributed by atoms with E-state index in [0.717, 1.165) is 24.6 Å². The molecular formula is C17H19O3P. The summed E-state index contributed by atoms with van der Waals surface area (Å²) < 4.78 is 11.1. The van der Waals surface area contributed by atoms with Gasteiger partial charge in [-0.2, -0.15) is 0 Å². The van der Waals surface area contributed by atoms with E-state index < -0.39 is 0 Å². The first-order valence-electron chi connectivity index (χ1n) is 6.93. The fourth-order valence-electron chi connectivity index (χ4n) is 1.94. The number of para-hydroxylation sites is 1. The van der Waals surface area contributed by atoms with E-state index in [2.05, 4.69) is 12.1 Å². The molecule has 21 heavy (non-hydrogen) atoms. The molecule has 2 aromatic rings. The van der Waals surface area contributed by atoms with Crippen molar-refractivity contribution in [3.63, 3.8) is 0 Å². The smallest absolute Gasteiger partial charge is 0.153 e. The molecule has 3 nitrogen and oxygen atoms in total. The van der Waals surface area contributed by atoms with Crippen molar-refractivity contribution in [1.29, 1.82) is 0 Å². The molecule has 0 heterocycles. The Labute approximate surface area is 127 Å². The normalized spacial score (nSPS) is 10.9. The molecule has 0 aromatic heterocycles. The van der Waals surface area contributed by atoms with Crippen LogP contribution in [0, 0.1) is 0 Å². The topological polar surface area (TPSA) is 35.5 Å². The number of aldehydes is 1. The first-order valence-corrected chi connectivity index (χ1v) is 8.04. The second kappa shape index (κ2) is 8.56. The second-order valence-corrected chi connectivity index (χ2v) is 5.45. The van der Waals surface area contributed by atoms with Crippen molar-refractivity contribution >= 4 is 15.1 Å². The van der Waals surface area contributed by atoms with Crippen molar-refractivity contribution in [1.82, 2.24) is 0 Å². The zero-order chi connectivity index (χ0) is 14.9. The highest BCUT2D eigenvalue weighted by Gasteiger charge is 2.03. The van der Waals surface area contributed by atoms with Gasteiger partial charge >= 0.3 is 0 Å². The zero-order valence-electron chi connectivity index (χ0n) is 12.0. The molecule has 0 aliphatic rings. The molecule has 2 rings (SSSR count). The van der Waals surface area contributed by atoms with Crippen molar-refractivity contribution < 1.29 is 14.1 Å². The summed E-state index contributed by atoms with van der Waals surface area (Å²) in [6.45, 7) is 3.21. The molecule has 110 valence electrons. The summed E-state index contributed by atoms with van der Waals surface area (Å²) in [5.41, 5.74) is 2.91. The fourth-order valence-corrected chi connectivity index (χ4v) is 2.63. The molecule has 0 N–H and O–H groups in total. The van der Waals surface area contributed by atoms with Gasteiger partial charge in [0, 0.05) is 21.6 Å². The standard InChI is InChI=1S/C17H19O3P/c1-2-20-21-13-15-7-5-6-14(10-15)12-19-17-9-4-3-8-16(17)11-18/h3-11,21H,2,12-13H2,1H3. The van der Waals surface area contributed by atoms with Gasteiger partial charge in [0.25, 0.3) is 0 Å². The molecule has 0 bridgehead atoms. The number of hydrogen-bond acceptors (Lipinski definition) is 3. The summed E-state index contributed by atoms with van der Waals surface area (Å²) in [7, 11) is 0.492. The van der Waals surface area contributed by atoms with Crippen molar-refractivity contribution in [2.75, 3.05) is 6.61 Å². The van der Waals surface area contributed by atoms with Gasteiger partial charge in [-0.25, -0.2) is 0 Å². The Morgan fingerprint density at radius 1 is 1.10 bits per heavy atom. The van der Waals surface area contributed by atoms with Crippen LogP contribution in [0.15, 0.2) is 48.5 Å². The maximum Gasteiger partial charge on any atom is 0.153 e. The lowest BCUT2D eigenvalue weighted by atomic mass is 10.1. The first-order chi connectivity index (χ1) is 10.3. The number of rotatable bonds is 8. The van der Waals surface area contributed by atoms with Gasteiger partial charge < -0.3 is 9.26 Å². The quantitative estimate of drug-likeness (QED) is 0.416. The van der Waals surface area contributed by atoms with Crippen LogP contribution in [0.4, 0.5) is 0 Å². The minimum atomic E-state index is 0.455.